The molecule has 0 aromatic carbocycles. The number of alkyl carbamates (subject to hydrolysis) is 1. The monoisotopic (exact) mass is 211 g/mol. The Morgan fingerprint density at radius 1 is 1.36 bits per heavy atom. The van der Waals surface area contributed by atoms with Gasteiger partial charge in [0.1, 0.15) is 0 Å². The van der Waals surface area contributed by atoms with Gasteiger partial charge in [0.05, 0.1) is 6.61 Å². The van der Waals surface area contributed by atoms with Crippen LogP contribution in [0, 0.1) is 0 Å². The molecule has 0 fully saturated rings. The first kappa shape index (κ1) is 16.7. The zero-order valence-electron chi connectivity index (χ0n) is 8.93. The van der Waals surface area contributed by atoms with Gasteiger partial charge in [0.15, 0.2) is 0 Å². The number of rotatable bonds is 6. The van der Waals surface area contributed by atoms with Crippen molar-refractivity contribution >= 4 is 35.7 Å². The van der Waals surface area contributed by atoms with Gasteiger partial charge in [-0.3, -0.25) is 0 Å². The van der Waals surface area contributed by atoms with Crippen LogP contribution in [0.4, 0.5) is 4.79 Å². The average Bonchev–Trinajstić information content (AvgIpc) is 2.05. The summed E-state index contributed by atoms with van der Waals surface area (Å²) in [5.74, 6) is 0. The van der Waals surface area contributed by atoms with E-state index in [4.69, 9.17) is 4.74 Å². The van der Waals surface area contributed by atoms with E-state index >= 15 is 0 Å². The van der Waals surface area contributed by atoms with Crippen LogP contribution in [-0.4, -0.2) is 48.3 Å². The van der Waals surface area contributed by atoms with Crippen molar-refractivity contribution in [2.24, 2.45) is 0 Å². The van der Waals surface area contributed by atoms with Crippen molar-refractivity contribution in [1.82, 2.24) is 5.32 Å². The van der Waals surface area contributed by atoms with Crippen LogP contribution >= 0.6 is 0 Å². The predicted molar refractivity (Wildman–Crippen MR) is 60.9 cm³/mol. The summed E-state index contributed by atoms with van der Waals surface area (Å²) in [6.45, 7) is 6.42. The van der Waals surface area contributed by atoms with E-state index in [1.165, 1.54) is 19.3 Å². The van der Waals surface area contributed by atoms with Gasteiger partial charge in [-0.25, -0.2) is 4.79 Å². The van der Waals surface area contributed by atoms with E-state index in [2.05, 4.69) is 12.2 Å². The first-order valence-electron chi connectivity index (χ1n) is 5.14. The first-order valence-corrected chi connectivity index (χ1v) is 5.14. The van der Waals surface area contributed by atoms with Crippen molar-refractivity contribution in [1.29, 1.82) is 0 Å². The van der Waals surface area contributed by atoms with Crippen LogP contribution < -0.4 is 5.32 Å². The molecule has 3 nitrogen and oxygen atoms in total. The normalized spacial score (nSPS) is 11.4. The average molecular weight is 211 g/mol. The van der Waals surface area contributed by atoms with Crippen LogP contribution in [0.15, 0.2) is 0 Å². The standard InChI is InChI=1S/C10H21NO2.Na.H/c1-4-6-7-8-9(3)11-10(12)13-5-2;;/h9H,4-8H2,1-3H3,(H,11,12);;. The van der Waals surface area contributed by atoms with Crippen molar-refractivity contribution < 1.29 is 9.53 Å². The molecule has 0 rings (SSSR count). The Balaban J connectivity index is 0. The second kappa shape index (κ2) is 11.3. The summed E-state index contributed by atoms with van der Waals surface area (Å²) < 4.78 is 4.77. The summed E-state index contributed by atoms with van der Waals surface area (Å²) in [6, 6.07) is 0.227. The zero-order valence-corrected chi connectivity index (χ0v) is 8.93. The molecule has 14 heavy (non-hydrogen) atoms. The van der Waals surface area contributed by atoms with E-state index in [1.807, 2.05) is 6.92 Å². The Morgan fingerprint density at radius 2 is 2.00 bits per heavy atom. The van der Waals surface area contributed by atoms with Gasteiger partial charge in [-0.05, 0) is 20.3 Å². The summed E-state index contributed by atoms with van der Waals surface area (Å²) in [4.78, 5) is 11.0. The van der Waals surface area contributed by atoms with Gasteiger partial charge in [0, 0.05) is 6.04 Å². The third-order valence-corrected chi connectivity index (χ3v) is 1.88. The number of amides is 1. The summed E-state index contributed by atoms with van der Waals surface area (Å²) in [5, 5.41) is 2.78. The quantitative estimate of drug-likeness (QED) is 0.539. The number of hydrogen-bond donors (Lipinski definition) is 1. The SMILES string of the molecule is CCCCCC(C)NC(=O)OCC.[NaH]. The summed E-state index contributed by atoms with van der Waals surface area (Å²) >= 11 is 0. The Morgan fingerprint density at radius 3 is 2.50 bits per heavy atom. The van der Waals surface area contributed by atoms with E-state index in [0.29, 0.717) is 6.61 Å². The molecule has 0 aromatic rings. The predicted octanol–water partition coefficient (Wildman–Crippen LogP) is 2.05. The van der Waals surface area contributed by atoms with Crippen molar-refractivity contribution in [3.05, 3.63) is 0 Å². The number of unbranched alkanes of at least 4 members (excludes halogenated alkanes) is 2. The molecule has 1 atom stereocenters. The molecule has 0 heterocycles. The number of hydrogen-bond acceptors (Lipinski definition) is 2. The van der Waals surface area contributed by atoms with Gasteiger partial charge in [-0.15, -0.1) is 0 Å². The number of nitrogens with one attached hydrogen (secondary N) is 1. The summed E-state index contributed by atoms with van der Waals surface area (Å²) in [5.41, 5.74) is 0. The van der Waals surface area contributed by atoms with Crippen LogP contribution in [0.2, 0.25) is 0 Å². The second-order valence-electron chi connectivity index (χ2n) is 3.26. The summed E-state index contributed by atoms with van der Waals surface area (Å²) in [6.07, 6.45) is 4.35. The molecule has 0 aromatic heterocycles. The topological polar surface area (TPSA) is 38.3 Å². The molecule has 1 unspecified atom stereocenters. The Kier molecular flexibility index (Phi) is 13.5. The van der Waals surface area contributed by atoms with Gasteiger partial charge in [-0.1, -0.05) is 26.2 Å². The number of carbonyl (C=O) groups is 1. The molecular weight excluding hydrogens is 189 g/mol. The van der Waals surface area contributed by atoms with Gasteiger partial charge in [0.25, 0.3) is 0 Å². The second-order valence-corrected chi connectivity index (χ2v) is 3.26. The molecule has 0 aliphatic rings. The van der Waals surface area contributed by atoms with Crippen LogP contribution in [0.1, 0.15) is 46.5 Å². The molecule has 0 spiro atoms. The molecule has 0 radical (unpaired) electrons. The van der Waals surface area contributed by atoms with Gasteiger partial charge < -0.3 is 10.1 Å². The van der Waals surface area contributed by atoms with E-state index < -0.39 is 0 Å². The Hall–Kier alpha value is 0.270. The molecule has 0 saturated heterocycles. The zero-order chi connectivity index (χ0) is 10.1. The van der Waals surface area contributed by atoms with Crippen LogP contribution in [0.5, 0.6) is 0 Å². The third-order valence-electron chi connectivity index (χ3n) is 1.88. The van der Waals surface area contributed by atoms with E-state index in [-0.39, 0.29) is 41.7 Å². The fourth-order valence-electron chi connectivity index (χ4n) is 1.15. The first-order chi connectivity index (χ1) is 6.20. The maximum absolute atomic E-state index is 11.0. The van der Waals surface area contributed by atoms with Gasteiger partial charge in [0.2, 0.25) is 0 Å². The Bertz CT molecular complexity index is 142. The van der Waals surface area contributed by atoms with Crippen molar-refractivity contribution in [2.45, 2.75) is 52.5 Å². The molecule has 0 aliphatic heterocycles. The molecule has 0 bridgehead atoms. The number of carbonyl (C=O) groups excluding carboxylic acids is 1. The van der Waals surface area contributed by atoms with Crippen molar-refractivity contribution in [3.8, 4) is 0 Å². The number of ether oxygens (including phenoxy) is 1. The fourth-order valence-corrected chi connectivity index (χ4v) is 1.15. The third kappa shape index (κ3) is 10.4. The molecule has 0 aliphatic carbocycles. The molecule has 1 amide bonds. The Labute approximate surface area is 109 Å². The van der Waals surface area contributed by atoms with E-state index in [9.17, 15) is 4.79 Å². The fraction of sp³-hybridized carbons (Fsp3) is 0.900. The van der Waals surface area contributed by atoms with Crippen molar-refractivity contribution in [2.75, 3.05) is 6.61 Å². The van der Waals surface area contributed by atoms with Crippen LogP contribution in [-0.2, 0) is 4.74 Å². The van der Waals surface area contributed by atoms with Gasteiger partial charge >= 0.3 is 35.7 Å². The maximum atomic E-state index is 11.0. The van der Waals surface area contributed by atoms with Gasteiger partial charge in [-0.2, -0.15) is 0 Å². The molecule has 1 N–H and O–H groups in total. The van der Waals surface area contributed by atoms with E-state index in [0.717, 1.165) is 6.42 Å². The molecular formula is C10H22NNaO2. The minimum atomic E-state index is -0.300. The molecule has 0 saturated carbocycles. The van der Waals surface area contributed by atoms with Crippen LogP contribution in [0.25, 0.3) is 0 Å². The molecule has 80 valence electrons. The molecule has 4 heteroatoms. The van der Waals surface area contributed by atoms with Crippen LogP contribution in [0.3, 0.4) is 0 Å². The minimum absolute atomic E-state index is 0. The summed E-state index contributed by atoms with van der Waals surface area (Å²) in [7, 11) is 0. The van der Waals surface area contributed by atoms with E-state index in [1.54, 1.807) is 6.92 Å². The van der Waals surface area contributed by atoms with Crippen molar-refractivity contribution in [3.63, 3.8) is 0 Å².